The summed E-state index contributed by atoms with van der Waals surface area (Å²) in [6.45, 7) is 7.47. The van der Waals surface area contributed by atoms with E-state index in [0.29, 0.717) is 11.5 Å². The molecular formula is C23H26N4O3. The average molecular weight is 406 g/mol. The van der Waals surface area contributed by atoms with Gasteiger partial charge < -0.3 is 15.4 Å². The predicted octanol–water partition coefficient (Wildman–Crippen LogP) is 3.05. The fourth-order valence-corrected chi connectivity index (χ4v) is 3.43. The van der Waals surface area contributed by atoms with Crippen molar-refractivity contribution in [3.05, 3.63) is 54.6 Å². The van der Waals surface area contributed by atoms with Crippen LogP contribution in [0.3, 0.4) is 0 Å². The molecule has 0 atom stereocenters. The normalized spacial score (nSPS) is 16.7. The van der Waals surface area contributed by atoms with E-state index in [1.54, 1.807) is 0 Å². The summed E-state index contributed by atoms with van der Waals surface area (Å²) >= 11 is 0. The number of ether oxygens (including phenoxy) is 1. The van der Waals surface area contributed by atoms with Crippen molar-refractivity contribution in [2.45, 2.75) is 19.4 Å². The number of pyridine rings is 1. The van der Waals surface area contributed by atoms with Crippen molar-refractivity contribution in [1.29, 1.82) is 0 Å². The third-order valence-electron chi connectivity index (χ3n) is 5.21. The monoisotopic (exact) mass is 406 g/mol. The highest BCUT2D eigenvalue weighted by Crippen LogP contribution is 2.31. The van der Waals surface area contributed by atoms with E-state index in [2.05, 4.69) is 27.1 Å². The highest BCUT2D eigenvalue weighted by molar-refractivity contribution is 5.99. The van der Waals surface area contributed by atoms with Gasteiger partial charge in [-0.3, -0.25) is 14.5 Å². The number of rotatable bonds is 7. The first kappa shape index (κ1) is 20.3. The van der Waals surface area contributed by atoms with Gasteiger partial charge in [-0.1, -0.05) is 18.7 Å². The van der Waals surface area contributed by atoms with E-state index in [4.69, 9.17) is 4.74 Å². The Morgan fingerprint density at radius 2 is 1.97 bits per heavy atom. The summed E-state index contributed by atoms with van der Waals surface area (Å²) in [6.07, 6.45) is 3.12. The van der Waals surface area contributed by atoms with Crippen LogP contribution in [0, 0.1) is 5.92 Å². The zero-order chi connectivity index (χ0) is 20.9. The molecule has 2 amide bonds. The predicted molar refractivity (Wildman–Crippen MR) is 116 cm³/mol. The minimum Gasteiger partial charge on any atom is -0.379 e. The molecule has 2 N–H and O–H groups in total. The number of anilines is 2. The van der Waals surface area contributed by atoms with Gasteiger partial charge in [-0.15, -0.1) is 0 Å². The second kappa shape index (κ2) is 9.19. The zero-order valence-corrected chi connectivity index (χ0v) is 16.9. The number of nitrogens with one attached hydrogen (secondary N) is 2. The number of benzene rings is 1. The Bertz CT molecular complexity index is 949. The van der Waals surface area contributed by atoms with Gasteiger partial charge in [-0.25, -0.2) is 4.98 Å². The molecule has 0 unspecified atom stereocenters. The van der Waals surface area contributed by atoms with Crippen molar-refractivity contribution in [3.8, 4) is 11.3 Å². The van der Waals surface area contributed by atoms with Crippen molar-refractivity contribution in [2.75, 3.05) is 36.9 Å². The van der Waals surface area contributed by atoms with E-state index in [1.165, 1.54) is 6.08 Å². The molecule has 1 aliphatic carbocycles. The summed E-state index contributed by atoms with van der Waals surface area (Å²) < 4.78 is 5.44. The Labute approximate surface area is 176 Å². The molecule has 2 aromatic rings. The fourth-order valence-electron chi connectivity index (χ4n) is 3.43. The average Bonchev–Trinajstić information content (AvgIpc) is 3.60. The van der Waals surface area contributed by atoms with E-state index in [0.717, 1.165) is 62.5 Å². The number of carbonyl (C=O) groups is 2. The van der Waals surface area contributed by atoms with Crippen LogP contribution in [-0.2, 0) is 20.9 Å². The highest BCUT2D eigenvalue weighted by atomic mass is 16.5. The van der Waals surface area contributed by atoms with Crippen LogP contribution in [0.15, 0.2) is 49.1 Å². The molecule has 156 valence electrons. The van der Waals surface area contributed by atoms with Crippen LogP contribution in [-0.4, -0.2) is 48.0 Å². The van der Waals surface area contributed by atoms with Crippen molar-refractivity contribution >= 4 is 23.3 Å². The lowest BCUT2D eigenvalue weighted by atomic mass is 10.1. The number of hydrogen-bond donors (Lipinski definition) is 2. The molecule has 0 spiro atoms. The first-order chi connectivity index (χ1) is 14.6. The van der Waals surface area contributed by atoms with Gasteiger partial charge in [-0.05, 0) is 48.7 Å². The molecule has 2 heterocycles. The number of nitrogens with zero attached hydrogens (tertiary/aromatic N) is 2. The third-order valence-corrected chi connectivity index (χ3v) is 5.21. The van der Waals surface area contributed by atoms with E-state index in [-0.39, 0.29) is 17.7 Å². The molecular weight excluding hydrogens is 380 g/mol. The van der Waals surface area contributed by atoms with Crippen LogP contribution < -0.4 is 10.6 Å². The van der Waals surface area contributed by atoms with Crippen LogP contribution in [0.2, 0.25) is 0 Å². The highest BCUT2D eigenvalue weighted by Gasteiger charge is 2.30. The van der Waals surface area contributed by atoms with Crippen LogP contribution >= 0.6 is 0 Å². The lowest BCUT2D eigenvalue weighted by Gasteiger charge is -2.26. The minimum absolute atomic E-state index is 0.0315. The lowest BCUT2D eigenvalue weighted by molar-refractivity contribution is -0.117. The van der Waals surface area contributed by atoms with E-state index in [1.807, 2.05) is 36.4 Å². The summed E-state index contributed by atoms with van der Waals surface area (Å²) in [4.78, 5) is 30.9. The molecule has 0 bridgehead atoms. The van der Waals surface area contributed by atoms with Crippen molar-refractivity contribution < 1.29 is 14.3 Å². The Hall–Kier alpha value is -3.03. The topological polar surface area (TPSA) is 83.6 Å². The standard InChI is InChI=1S/C23H26N4O3/c1-2-22(28)24-19-5-3-4-18(14-19)20-12-16(15-27-8-10-30-11-9-27)13-21(25-20)26-23(29)17-6-7-17/h2-5,12-14,17H,1,6-11,15H2,(H,24,28)(H,25,26,29). The second-order valence-electron chi connectivity index (χ2n) is 7.67. The summed E-state index contributed by atoms with van der Waals surface area (Å²) in [6, 6.07) is 11.5. The van der Waals surface area contributed by atoms with Gasteiger partial charge >= 0.3 is 0 Å². The number of morpholine rings is 1. The quantitative estimate of drug-likeness (QED) is 0.691. The van der Waals surface area contributed by atoms with Crippen molar-refractivity contribution in [2.24, 2.45) is 5.92 Å². The van der Waals surface area contributed by atoms with Gasteiger partial charge in [0.2, 0.25) is 11.8 Å². The molecule has 0 radical (unpaired) electrons. The molecule has 7 nitrogen and oxygen atoms in total. The molecule has 1 aromatic heterocycles. The smallest absolute Gasteiger partial charge is 0.247 e. The van der Waals surface area contributed by atoms with Gasteiger partial charge in [0.05, 0.1) is 18.9 Å². The maximum atomic E-state index is 12.3. The summed E-state index contributed by atoms with van der Waals surface area (Å²) in [5, 5.41) is 5.75. The number of amides is 2. The van der Waals surface area contributed by atoms with E-state index < -0.39 is 0 Å². The molecule has 30 heavy (non-hydrogen) atoms. The molecule has 1 aliphatic heterocycles. The lowest BCUT2D eigenvalue weighted by Crippen LogP contribution is -2.35. The molecule has 1 saturated heterocycles. The molecule has 2 fully saturated rings. The maximum Gasteiger partial charge on any atom is 0.247 e. The third kappa shape index (κ3) is 5.31. The Balaban J connectivity index is 1.62. The maximum absolute atomic E-state index is 12.3. The molecule has 1 aromatic carbocycles. The molecule has 7 heteroatoms. The number of aromatic nitrogens is 1. The summed E-state index contributed by atoms with van der Waals surface area (Å²) in [5.74, 6) is 0.436. The van der Waals surface area contributed by atoms with Crippen molar-refractivity contribution in [1.82, 2.24) is 9.88 Å². The molecule has 2 aliphatic rings. The Morgan fingerprint density at radius 1 is 1.17 bits per heavy atom. The van der Waals surface area contributed by atoms with E-state index >= 15 is 0 Å². The molecule has 4 rings (SSSR count). The van der Waals surface area contributed by atoms with Crippen LogP contribution in [0.25, 0.3) is 11.3 Å². The van der Waals surface area contributed by atoms with Gasteiger partial charge in [-0.2, -0.15) is 0 Å². The number of carbonyl (C=O) groups excluding carboxylic acids is 2. The van der Waals surface area contributed by atoms with Crippen LogP contribution in [0.5, 0.6) is 0 Å². The van der Waals surface area contributed by atoms with Gasteiger partial charge in [0.25, 0.3) is 0 Å². The largest absolute Gasteiger partial charge is 0.379 e. The SMILES string of the molecule is C=CC(=O)Nc1cccc(-c2cc(CN3CCOCC3)cc(NC(=O)C3CC3)n2)c1. The van der Waals surface area contributed by atoms with Gasteiger partial charge in [0.1, 0.15) is 5.82 Å². The first-order valence-corrected chi connectivity index (χ1v) is 10.3. The van der Waals surface area contributed by atoms with Crippen LogP contribution in [0.4, 0.5) is 11.5 Å². The minimum atomic E-state index is -0.265. The van der Waals surface area contributed by atoms with Crippen molar-refractivity contribution in [3.63, 3.8) is 0 Å². The van der Waals surface area contributed by atoms with Crippen LogP contribution in [0.1, 0.15) is 18.4 Å². The zero-order valence-electron chi connectivity index (χ0n) is 16.9. The fraction of sp³-hybridized carbons (Fsp3) is 0.348. The van der Waals surface area contributed by atoms with Gasteiger partial charge in [0, 0.05) is 36.8 Å². The Kier molecular flexibility index (Phi) is 6.21. The first-order valence-electron chi connectivity index (χ1n) is 10.3. The summed E-state index contributed by atoms with van der Waals surface area (Å²) in [5.41, 5.74) is 3.36. The summed E-state index contributed by atoms with van der Waals surface area (Å²) in [7, 11) is 0. The van der Waals surface area contributed by atoms with E-state index in [9.17, 15) is 9.59 Å². The van der Waals surface area contributed by atoms with Gasteiger partial charge in [0.15, 0.2) is 0 Å². The molecule has 1 saturated carbocycles. The number of hydrogen-bond acceptors (Lipinski definition) is 5. The Morgan fingerprint density at radius 3 is 2.70 bits per heavy atom. The second-order valence-corrected chi connectivity index (χ2v) is 7.67.